The first kappa shape index (κ1) is 14.1. The van der Waals surface area contributed by atoms with Gasteiger partial charge in [-0.3, -0.25) is 0 Å². The smallest absolute Gasteiger partial charge is 0.105 e. The van der Waals surface area contributed by atoms with Crippen LogP contribution in [0.4, 0.5) is 0 Å². The summed E-state index contributed by atoms with van der Waals surface area (Å²) in [6.45, 7) is 11.9. The van der Waals surface area contributed by atoms with Gasteiger partial charge in [0, 0.05) is 7.11 Å². The molecule has 0 aliphatic carbocycles. The first-order valence-corrected chi connectivity index (χ1v) is 6.01. The quantitative estimate of drug-likeness (QED) is 0.847. The summed E-state index contributed by atoms with van der Waals surface area (Å²) in [5.74, 6) is 0. The van der Waals surface area contributed by atoms with Crippen LogP contribution in [0.2, 0.25) is 0 Å². The van der Waals surface area contributed by atoms with Gasteiger partial charge in [0.2, 0.25) is 0 Å². The van der Waals surface area contributed by atoms with E-state index in [1.54, 1.807) is 7.11 Å². The van der Waals surface area contributed by atoms with Crippen molar-refractivity contribution in [2.75, 3.05) is 20.3 Å². The van der Waals surface area contributed by atoms with Gasteiger partial charge in [0.25, 0.3) is 0 Å². The van der Waals surface area contributed by atoms with Gasteiger partial charge in [-0.1, -0.05) is 12.1 Å². The number of aromatic nitrogens is 3. The molecule has 5 nitrogen and oxygen atoms in total. The van der Waals surface area contributed by atoms with Gasteiger partial charge in [-0.2, -0.15) is 0 Å². The van der Waals surface area contributed by atoms with Crippen molar-refractivity contribution in [1.82, 2.24) is 20.3 Å². The van der Waals surface area contributed by atoms with Gasteiger partial charge in [0.15, 0.2) is 0 Å². The fourth-order valence-electron chi connectivity index (χ4n) is 1.74. The fraction of sp³-hybridized carbons (Fsp3) is 0.833. The molecule has 5 heteroatoms. The maximum absolute atomic E-state index is 5.27. The van der Waals surface area contributed by atoms with Crippen LogP contribution in [0.15, 0.2) is 6.20 Å². The Morgan fingerprint density at radius 3 is 2.41 bits per heavy atom. The second-order valence-corrected chi connectivity index (χ2v) is 5.51. The van der Waals surface area contributed by atoms with Crippen molar-refractivity contribution in [3.05, 3.63) is 11.9 Å². The van der Waals surface area contributed by atoms with Crippen molar-refractivity contribution >= 4 is 0 Å². The Morgan fingerprint density at radius 1 is 1.35 bits per heavy atom. The third kappa shape index (κ3) is 3.26. The van der Waals surface area contributed by atoms with E-state index in [9.17, 15) is 0 Å². The highest BCUT2D eigenvalue weighted by Gasteiger charge is 2.30. The van der Waals surface area contributed by atoms with E-state index in [-0.39, 0.29) is 11.1 Å². The van der Waals surface area contributed by atoms with E-state index in [1.165, 1.54) is 0 Å². The molecule has 17 heavy (non-hydrogen) atoms. The van der Waals surface area contributed by atoms with Gasteiger partial charge in [-0.05, 0) is 34.2 Å². The summed E-state index contributed by atoms with van der Waals surface area (Å²) < 4.78 is 7.15. The average molecular weight is 240 g/mol. The maximum atomic E-state index is 5.27. The number of rotatable bonds is 5. The molecule has 98 valence electrons. The molecular weight excluding hydrogens is 216 g/mol. The molecule has 0 bridgehead atoms. The number of nitrogens with zero attached hydrogens (tertiary/aromatic N) is 3. The third-order valence-corrected chi connectivity index (χ3v) is 2.75. The van der Waals surface area contributed by atoms with Crippen LogP contribution in [0.5, 0.6) is 0 Å². The van der Waals surface area contributed by atoms with Gasteiger partial charge >= 0.3 is 0 Å². The highest BCUT2D eigenvalue weighted by molar-refractivity contribution is 5.10. The van der Waals surface area contributed by atoms with Gasteiger partial charge in [0.1, 0.15) is 5.69 Å². The summed E-state index contributed by atoms with van der Waals surface area (Å²) in [4.78, 5) is 0. The Balaban J connectivity index is 3.00. The minimum Gasteiger partial charge on any atom is -0.382 e. The molecule has 1 aromatic rings. The van der Waals surface area contributed by atoms with Crippen molar-refractivity contribution in [3.8, 4) is 0 Å². The molecule has 1 heterocycles. The number of ether oxygens (including phenoxy) is 1. The molecule has 1 N–H and O–H groups in total. The molecule has 1 aromatic heterocycles. The zero-order chi connectivity index (χ0) is 13.1. The standard InChI is InChI=1S/C12H24N4O/c1-7-13-12(5,9-17-6)10-8-16(15-14-10)11(2,3)4/h8,13H,7,9H2,1-6H3. The number of hydrogen-bond acceptors (Lipinski definition) is 4. The van der Waals surface area contributed by atoms with Gasteiger partial charge in [0.05, 0.1) is 23.9 Å². The van der Waals surface area contributed by atoms with E-state index in [1.807, 2.05) is 10.9 Å². The second kappa shape index (κ2) is 5.14. The Morgan fingerprint density at radius 2 is 2.00 bits per heavy atom. The molecule has 0 aliphatic heterocycles. The zero-order valence-electron chi connectivity index (χ0n) is 11.7. The number of methoxy groups -OCH3 is 1. The summed E-state index contributed by atoms with van der Waals surface area (Å²) >= 11 is 0. The first-order valence-electron chi connectivity index (χ1n) is 6.01. The lowest BCUT2D eigenvalue weighted by Crippen LogP contribution is -2.43. The van der Waals surface area contributed by atoms with Crippen LogP contribution in [-0.2, 0) is 15.8 Å². The predicted octanol–water partition coefficient (Wildman–Crippen LogP) is 1.50. The van der Waals surface area contributed by atoms with Gasteiger partial charge in [-0.15, -0.1) is 5.10 Å². The highest BCUT2D eigenvalue weighted by Crippen LogP contribution is 2.21. The summed E-state index contributed by atoms with van der Waals surface area (Å²) in [7, 11) is 1.70. The average Bonchev–Trinajstić information content (AvgIpc) is 2.66. The minimum atomic E-state index is -0.285. The van der Waals surface area contributed by atoms with Crippen LogP contribution >= 0.6 is 0 Å². The molecule has 1 rings (SSSR count). The van der Waals surface area contributed by atoms with E-state index in [0.717, 1.165) is 12.2 Å². The topological polar surface area (TPSA) is 52.0 Å². The summed E-state index contributed by atoms with van der Waals surface area (Å²) in [6, 6.07) is 0. The molecule has 1 unspecified atom stereocenters. The first-order chi connectivity index (χ1) is 7.83. The van der Waals surface area contributed by atoms with E-state index in [2.05, 4.69) is 50.2 Å². The number of hydrogen-bond donors (Lipinski definition) is 1. The van der Waals surface area contributed by atoms with Crippen LogP contribution in [0.1, 0.15) is 40.3 Å². The number of nitrogens with one attached hydrogen (secondary N) is 1. The lowest BCUT2D eigenvalue weighted by Gasteiger charge is -2.27. The molecule has 0 radical (unpaired) electrons. The molecule has 1 atom stereocenters. The Kier molecular flexibility index (Phi) is 4.27. The minimum absolute atomic E-state index is 0.0502. The molecule has 0 aromatic carbocycles. The summed E-state index contributed by atoms with van der Waals surface area (Å²) in [5.41, 5.74) is 0.578. The molecule has 0 saturated carbocycles. The lowest BCUT2D eigenvalue weighted by atomic mass is 9.99. The largest absolute Gasteiger partial charge is 0.382 e. The van der Waals surface area contributed by atoms with Crippen molar-refractivity contribution < 1.29 is 4.74 Å². The maximum Gasteiger partial charge on any atom is 0.105 e. The lowest BCUT2D eigenvalue weighted by molar-refractivity contribution is 0.117. The molecule has 0 saturated heterocycles. The molecule has 0 aliphatic rings. The SMILES string of the molecule is CCNC(C)(COC)c1cn(C(C)(C)C)nn1. The Bertz CT molecular complexity index is 348. The monoisotopic (exact) mass is 240 g/mol. The van der Waals surface area contributed by atoms with E-state index < -0.39 is 0 Å². The Labute approximate surface area is 104 Å². The van der Waals surface area contributed by atoms with E-state index >= 15 is 0 Å². The number of likely N-dealkylation sites (N-methyl/N-ethyl adjacent to an activating group) is 1. The van der Waals surface area contributed by atoms with Crippen LogP contribution in [0.3, 0.4) is 0 Å². The molecule has 0 amide bonds. The van der Waals surface area contributed by atoms with Crippen molar-refractivity contribution in [2.45, 2.75) is 45.7 Å². The van der Waals surface area contributed by atoms with Crippen LogP contribution in [-0.4, -0.2) is 35.3 Å². The van der Waals surface area contributed by atoms with Crippen molar-refractivity contribution in [3.63, 3.8) is 0 Å². The molecule has 0 spiro atoms. The summed E-state index contributed by atoms with van der Waals surface area (Å²) in [5, 5.41) is 11.9. The fourth-order valence-corrected chi connectivity index (χ4v) is 1.74. The second-order valence-electron chi connectivity index (χ2n) is 5.51. The van der Waals surface area contributed by atoms with Gasteiger partial charge in [-0.25, -0.2) is 4.68 Å². The van der Waals surface area contributed by atoms with Crippen LogP contribution in [0, 0.1) is 0 Å². The predicted molar refractivity (Wildman–Crippen MR) is 67.9 cm³/mol. The summed E-state index contributed by atoms with van der Waals surface area (Å²) in [6.07, 6.45) is 1.99. The van der Waals surface area contributed by atoms with Crippen LogP contribution in [0.25, 0.3) is 0 Å². The highest BCUT2D eigenvalue weighted by atomic mass is 16.5. The molecular formula is C12H24N4O. The van der Waals surface area contributed by atoms with Gasteiger partial charge < -0.3 is 10.1 Å². The third-order valence-electron chi connectivity index (χ3n) is 2.75. The normalized spacial score (nSPS) is 15.9. The zero-order valence-corrected chi connectivity index (χ0v) is 11.7. The van der Waals surface area contributed by atoms with Crippen molar-refractivity contribution in [1.29, 1.82) is 0 Å². The van der Waals surface area contributed by atoms with Crippen molar-refractivity contribution in [2.24, 2.45) is 0 Å². The van der Waals surface area contributed by atoms with Crippen LogP contribution < -0.4 is 5.32 Å². The van der Waals surface area contributed by atoms with E-state index in [0.29, 0.717) is 6.61 Å². The molecule has 0 fully saturated rings. The van der Waals surface area contributed by atoms with E-state index in [4.69, 9.17) is 4.74 Å². The Hall–Kier alpha value is -0.940.